The first-order valence-electron chi connectivity index (χ1n) is 10.2. The molecule has 0 aliphatic carbocycles. The van der Waals surface area contributed by atoms with Crippen molar-refractivity contribution in [1.29, 1.82) is 0 Å². The van der Waals surface area contributed by atoms with Crippen LogP contribution in [0.25, 0.3) is 0 Å². The molecule has 0 N–H and O–H groups in total. The highest BCUT2D eigenvalue weighted by Gasteiger charge is 2.45. The van der Waals surface area contributed by atoms with Gasteiger partial charge in [-0.15, -0.1) is 0 Å². The van der Waals surface area contributed by atoms with Crippen molar-refractivity contribution in [3.63, 3.8) is 0 Å². The second-order valence-corrected chi connectivity index (χ2v) is 8.29. The Balaban J connectivity index is 1.44. The van der Waals surface area contributed by atoms with Crippen LogP contribution in [0, 0.1) is 12.8 Å². The normalized spacial score (nSPS) is 22.3. The Morgan fingerprint density at radius 2 is 1.96 bits per heavy atom. The van der Waals surface area contributed by atoms with Crippen LogP contribution in [-0.4, -0.2) is 68.3 Å². The number of likely N-dealkylation sites (tertiary alicyclic amines) is 1. The van der Waals surface area contributed by atoms with E-state index in [1.165, 1.54) is 11.1 Å². The molecule has 0 unspecified atom stereocenters. The van der Waals surface area contributed by atoms with Gasteiger partial charge in [0.05, 0.1) is 5.60 Å². The lowest BCUT2D eigenvalue weighted by atomic mass is 9.78. The van der Waals surface area contributed by atoms with Gasteiger partial charge >= 0.3 is 0 Å². The predicted octanol–water partition coefficient (Wildman–Crippen LogP) is 2.86. The molecular formula is C22H34N2O3. The van der Waals surface area contributed by atoms with E-state index in [-0.39, 0.29) is 18.1 Å². The first-order valence-corrected chi connectivity index (χ1v) is 10.2. The zero-order valence-electron chi connectivity index (χ0n) is 17.1. The number of ether oxygens (including phenoxy) is 2. The van der Waals surface area contributed by atoms with E-state index < -0.39 is 0 Å². The Morgan fingerprint density at radius 3 is 2.63 bits per heavy atom. The summed E-state index contributed by atoms with van der Waals surface area (Å²) in [5, 5.41) is 0. The van der Waals surface area contributed by atoms with Crippen LogP contribution in [0.4, 0.5) is 0 Å². The molecule has 1 aromatic carbocycles. The third kappa shape index (κ3) is 5.31. The third-order valence-corrected chi connectivity index (χ3v) is 6.16. The van der Waals surface area contributed by atoms with E-state index >= 15 is 0 Å². The number of carbonyl (C=O) groups is 1. The van der Waals surface area contributed by atoms with Gasteiger partial charge < -0.3 is 14.4 Å². The fraction of sp³-hybridized carbons (Fsp3) is 0.682. The summed E-state index contributed by atoms with van der Waals surface area (Å²) in [5.74, 6) is 0.574. The van der Waals surface area contributed by atoms with Crippen LogP contribution in [0.5, 0.6) is 0 Å². The SMILES string of the molecule is Cc1ccc(CN2CCC3(CC2)OCC[C@@H]3CCOCC(=O)N(C)C)cc1. The molecule has 2 aliphatic heterocycles. The molecule has 5 heteroatoms. The second kappa shape index (κ2) is 9.18. The highest BCUT2D eigenvalue weighted by atomic mass is 16.5. The second-order valence-electron chi connectivity index (χ2n) is 8.29. The Bertz CT molecular complexity index is 606. The van der Waals surface area contributed by atoms with Gasteiger partial charge in [-0.05, 0) is 44.1 Å². The summed E-state index contributed by atoms with van der Waals surface area (Å²) in [6.45, 7) is 7.01. The van der Waals surface area contributed by atoms with Crippen LogP contribution in [0.2, 0.25) is 0 Å². The number of likely N-dealkylation sites (N-methyl/N-ethyl adjacent to an activating group) is 1. The molecule has 0 radical (unpaired) electrons. The van der Waals surface area contributed by atoms with Gasteiger partial charge in [0.15, 0.2) is 0 Å². The fourth-order valence-electron chi connectivity index (χ4n) is 4.30. The summed E-state index contributed by atoms with van der Waals surface area (Å²) in [6.07, 6.45) is 4.29. The molecule has 3 rings (SSSR count). The summed E-state index contributed by atoms with van der Waals surface area (Å²) < 4.78 is 11.9. The van der Waals surface area contributed by atoms with Crippen LogP contribution in [-0.2, 0) is 20.8 Å². The molecule has 1 spiro atoms. The molecule has 2 heterocycles. The number of amides is 1. The monoisotopic (exact) mass is 374 g/mol. The third-order valence-electron chi connectivity index (χ3n) is 6.16. The first-order chi connectivity index (χ1) is 13.0. The summed E-state index contributed by atoms with van der Waals surface area (Å²) >= 11 is 0. The Kier molecular flexibility index (Phi) is 6.90. The Hall–Kier alpha value is -1.43. The Labute approximate surface area is 163 Å². The number of rotatable bonds is 7. The van der Waals surface area contributed by atoms with Crippen LogP contribution in [0.1, 0.15) is 36.8 Å². The highest BCUT2D eigenvalue weighted by Crippen LogP contribution is 2.42. The standard InChI is InChI=1S/C22H34N2O3/c1-18-4-6-19(7-5-18)16-24-12-10-22(11-13-24)20(9-15-27-22)8-14-26-17-21(25)23(2)3/h4-7,20H,8-17H2,1-3H3/t20-/m0/s1. The molecule has 2 fully saturated rings. The molecular weight excluding hydrogens is 340 g/mol. The molecule has 0 saturated carbocycles. The lowest BCUT2D eigenvalue weighted by Gasteiger charge is -2.42. The summed E-state index contributed by atoms with van der Waals surface area (Å²) in [6, 6.07) is 8.86. The van der Waals surface area contributed by atoms with E-state index in [1.54, 1.807) is 19.0 Å². The fourth-order valence-corrected chi connectivity index (χ4v) is 4.30. The van der Waals surface area contributed by atoms with E-state index in [2.05, 4.69) is 36.1 Å². The molecule has 1 atom stereocenters. The van der Waals surface area contributed by atoms with Gasteiger partial charge in [0.1, 0.15) is 6.61 Å². The van der Waals surface area contributed by atoms with E-state index in [4.69, 9.17) is 9.47 Å². The summed E-state index contributed by atoms with van der Waals surface area (Å²) in [4.78, 5) is 15.7. The molecule has 5 nitrogen and oxygen atoms in total. The van der Waals surface area contributed by atoms with E-state index in [9.17, 15) is 4.79 Å². The van der Waals surface area contributed by atoms with Crippen molar-refractivity contribution in [2.24, 2.45) is 5.92 Å². The topological polar surface area (TPSA) is 42.0 Å². The largest absolute Gasteiger partial charge is 0.375 e. The minimum Gasteiger partial charge on any atom is -0.375 e. The van der Waals surface area contributed by atoms with Gasteiger partial charge in [-0.2, -0.15) is 0 Å². The number of piperidine rings is 1. The van der Waals surface area contributed by atoms with Crippen LogP contribution in [0.3, 0.4) is 0 Å². The summed E-state index contributed by atoms with van der Waals surface area (Å²) in [5.41, 5.74) is 2.73. The lowest BCUT2D eigenvalue weighted by Crippen LogP contribution is -2.47. The molecule has 1 aromatic rings. The van der Waals surface area contributed by atoms with Gasteiger partial charge in [0.25, 0.3) is 0 Å². The van der Waals surface area contributed by atoms with Crippen LogP contribution in [0.15, 0.2) is 24.3 Å². The molecule has 1 amide bonds. The Morgan fingerprint density at radius 1 is 1.26 bits per heavy atom. The van der Waals surface area contributed by atoms with Crippen molar-refractivity contribution in [2.45, 2.75) is 44.8 Å². The quantitative estimate of drug-likeness (QED) is 0.688. The zero-order chi connectivity index (χ0) is 19.3. The number of hydrogen-bond acceptors (Lipinski definition) is 4. The van der Waals surface area contributed by atoms with Gasteiger partial charge in [-0.1, -0.05) is 29.8 Å². The van der Waals surface area contributed by atoms with Crippen molar-refractivity contribution < 1.29 is 14.3 Å². The van der Waals surface area contributed by atoms with Crippen LogP contribution < -0.4 is 0 Å². The maximum absolute atomic E-state index is 11.6. The minimum atomic E-state index is 0.0248. The molecule has 27 heavy (non-hydrogen) atoms. The lowest BCUT2D eigenvalue weighted by molar-refractivity contribution is -0.133. The molecule has 150 valence electrons. The van der Waals surface area contributed by atoms with E-state index in [1.807, 2.05) is 0 Å². The number of carbonyl (C=O) groups excluding carboxylic acids is 1. The molecule has 2 saturated heterocycles. The van der Waals surface area contributed by atoms with E-state index in [0.29, 0.717) is 12.5 Å². The minimum absolute atomic E-state index is 0.0248. The zero-order valence-corrected chi connectivity index (χ0v) is 17.1. The van der Waals surface area contributed by atoms with Gasteiger partial charge in [0, 0.05) is 46.9 Å². The first kappa shape index (κ1) is 20.3. The maximum atomic E-state index is 11.6. The number of aryl methyl sites for hydroxylation is 1. The number of nitrogens with zero attached hydrogens (tertiary/aromatic N) is 2. The van der Waals surface area contributed by atoms with Gasteiger partial charge in [-0.25, -0.2) is 0 Å². The van der Waals surface area contributed by atoms with Crippen molar-refractivity contribution in [3.8, 4) is 0 Å². The van der Waals surface area contributed by atoms with Gasteiger partial charge in [-0.3, -0.25) is 9.69 Å². The predicted molar refractivity (Wildman–Crippen MR) is 107 cm³/mol. The summed E-state index contributed by atoms with van der Waals surface area (Å²) in [7, 11) is 3.52. The number of hydrogen-bond donors (Lipinski definition) is 0. The highest BCUT2D eigenvalue weighted by molar-refractivity contribution is 5.76. The van der Waals surface area contributed by atoms with Crippen molar-refractivity contribution in [1.82, 2.24) is 9.80 Å². The average molecular weight is 375 g/mol. The molecule has 2 aliphatic rings. The van der Waals surface area contributed by atoms with Crippen LogP contribution >= 0.6 is 0 Å². The maximum Gasteiger partial charge on any atom is 0.248 e. The average Bonchev–Trinajstić information content (AvgIpc) is 3.04. The van der Waals surface area contributed by atoms with Crippen molar-refractivity contribution in [3.05, 3.63) is 35.4 Å². The smallest absolute Gasteiger partial charge is 0.248 e. The molecule has 0 bridgehead atoms. The van der Waals surface area contributed by atoms with Crippen molar-refractivity contribution >= 4 is 5.91 Å². The molecule has 0 aromatic heterocycles. The number of benzene rings is 1. The van der Waals surface area contributed by atoms with Crippen molar-refractivity contribution in [2.75, 3.05) is 47.0 Å². The van der Waals surface area contributed by atoms with Gasteiger partial charge in [0.2, 0.25) is 5.91 Å². The van der Waals surface area contributed by atoms with E-state index in [0.717, 1.165) is 51.9 Å².